The van der Waals surface area contributed by atoms with Gasteiger partial charge in [0, 0.05) is 25.7 Å². The molecule has 0 aromatic heterocycles. The molecule has 128 valence electrons. The first kappa shape index (κ1) is 18.0. The van der Waals surface area contributed by atoms with Crippen LogP contribution < -0.4 is 10.0 Å². The lowest BCUT2D eigenvalue weighted by Gasteiger charge is -2.39. The Bertz CT molecular complexity index is 527. The van der Waals surface area contributed by atoms with E-state index < -0.39 is 10.0 Å². The van der Waals surface area contributed by atoms with E-state index in [0.29, 0.717) is 25.4 Å². The van der Waals surface area contributed by atoms with Crippen LogP contribution in [0.5, 0.6) is 0 Å². The lowest BCUT2D eigenvalue weighted by atomic mass is 9.67. The maximum absolute atomic E-state index is 13.0. The van der Waals surface area contributed by atoms with Gasteiger partial charge in [0.1, 0.15) is 0 Å². The van der Waals surface area contributed by atoms with Gasteiger partial charge in [0.2, 0.25) is 15.9 Å². The smallest absolute Gasteiger partial charge is 0.230 e. The predicted molar refractivity (Wildman–Crippen MR) is 87.5 cm³/mol. The van der Waals surface area contributed by atoms with Crippen LogP contribution in [0.1, 0.15) is 32.1 Å². The van der Waals surface area contributed by atoms with Crippen LogP contribution in [0.15, 0.2) is 0 Å². The van der Waals surface area contributed by atoms with Gasteiger partial charge < -0.3 is 10.2 Å². The molecule has 0 spiro atoms. The van der Waals surface area contributed by atoms with Gasteiger partial charge in [0.05, 0.1) is 11.7 Å². The van der Waals surface area contributed by atoms with Crippen LogP contribution in [0.4, 0.5) is 0 Å². The molecule has 1 unspecified atom stereocenters. The topological polar surface area (TPSA) is 78.5 Å². The van der Waals surface area contributed by atoms with Gasteiger partial charge in [-0.3, -0.25) is 4.79 Å². The molecule has 0 aromatic rings. The van der Waals surface area contributed by atoms with E-state index in [1.807, 2.05) is 4.90 Å². The minimum Gasteiger partial charge on any atom is -0.341 e. The fourth-order valence-electron chi connectivity index (χ4n) is 4.33. The van der Waals surface area contributed by atoms with Gasteiger partial charge in [-0.1, -0.05) is 12.8 Å². The number of nitrogens with one attached hydrogen (secondary N) is 2. The molecular formula is C14H26ClN3O3S. The Morgan fingerprint density at radius 3 is 2.82 bits per heavy atom. The van der Waals surface area contributed by atoms with E-state index >= 15 is 0 Å². The highest BCUT2D eigenvalue weighted by molar-refractivity contribution is 7.88. The maximum Gasteiger partial charge on any atom is 0.230 e. The Labute approximate surface area is 138 Å². The predicted octanol–water partition coefficient (Wildman–Crippen LogP) is 0.338. The highest BCUT2D eigenvalue weighted by atomic mass is 35.5. The summed E-state index contributed by atoms with van der Waals surface area (Å²) in [6.45, 7) is 2.92. The summed E-state index contributed by atoms with van der Waals surface area (Å²) in [5.41, 5.74) is -0.224. The first-order valence-corrected chi connectivity index (χ1v) is 9.77. The molecule has 3 aliphatic rings. The van der Waals surface area contributed by atoms with Crippen LogP contribution in [-0.2, 0) is 14.8 Å². The fourth-order valence-corrected chi connectivity index (χ4v) is 5.12. The minimum atomic E-state index is -3.20. The fraction of sp³-hybridized carbons (Fsp3) is 0.929. The second kappa shape index (κ2) is 6.63. The Hall–Kier alpha value is -0.370. The molecule has 22 heavy (non-hydrogen) atoms. The molecule has 6 nitrogen and oxygen atoms in total. The molecule has 8 heteroatoms. The van der Waals surface area contributed by atoms with Crippen molar-refractivity contribution in [2.45, 2.75) is 38.1 Å². The molecule has 0 bridgehead atoms. The third-order valence-electron chi connectivity index (χ3n) is 5.32. The number of carbonyl (C=O) groups excluding carboxylic acids is 1. The molecule has 1 amide bonds. The van der Waals surface area contributed by atoms with Crippen LogP contribution in [0.2, 0.25) is 0 Å². The van der Waals surface area contributed by atoms with E-state index in [1.54, 1.807) is 0 Å². The monoisotopic (exact) mass is 351 g/mol. The molecule has 3 rings (SSSR count). The molecule has 2 saturated heterocycles. The summed E-state index contributed by atoms with van der Waals surface area (Å²) in [4.78, 5) is 14.9. The van der Waals surface area contributed by atoms with Gasteiger partial charge in [-0.2, -0.15) is 0 Å². The number of fused-ring (bicyclic) bond motifs is 1. The quantitative estimate of drug-likeness (QED) is 0.768. The molecule has 0 aromatic carbocycles. The third kappa shape index (κ3) is 3.42. The van der Waals surface area contributed by atoms with Crippen molar-refractivity contribution >= 4 is 28.3 Å². The summed E-state index contributed by atoms with van der Waals surface area (Å²) < 4.78 is 25.3. The Balaban J connectivity index is 0.00000176. The van der Waals surface area contributed by atoms with Crippen molar-refractivity contribution in [2.75, 3.05) is 32.4 Å². The molecule has 3 fully saturated rings. The van der Waals surface area contributed by atoms with E-state index in [-0.39, 0.29) is 29.8 Å². The first-order valence-electron chi connectivity index (χ1n) is 7.88. The van der Waals surface area contributed by atoms with Crippen molar-refractivity contribution in [2.24, 2.45) is 11.3 Å². The molecule has 2 heterocycles. The first-order chi connectivity index (χ1) is 9.91. The molecule has 0 radical (unpaired) electrons. The zero-order chi connectivity index (χ0) is 15.1. The summed E-state index contributed by atoms with van der Waals surface area (Å²) >= 11 is 0. The average Bonchev–Trinajstić information content (AvgIpc) is 3.02. The second-order valence-electron chi connectivity index (χ2n) is 6.86. The number of nitrogens with zero attached hydrogens (tertiary/aromatic N) is 1. The van der Waals surface area contributed by atoms with Gasteiger partial charge in [-0.05, 0) is 31.7 Å². The van der Waals surface area contributed by atoms with Gasteiger partial charge in [0.15, 0.2) is 0 Å². The van der Waals surface area contributed by atoms with Gasteiger partial charge in [0.25, 0.3) is 0 Å². The average molecular weight is 352 g/mol. The standard InChI is InChI=1S/C14H25N3O3S.ClH/c1-21(19,20)16-12-5-7-17(9-12)13(18)14-6-3-2-4-11(14)8-15-10-14;/h11-12,15-16H,2-10H2,1H3;1H/t11-,12?,14+;/m0./s1. The number of halogens is 1. The van der Waals surface area contributed by atoms with Gasteiger partial charge in [-0.15, -0.1) is 12.4 Å². The number of carbonyl (C=O) groups is 1. The maximum atomic E-state index is 13.0. The summed E-state index contributed by atoms with van der Waals surface area (Å²) in [5, 5.41) is 3.40. The van der Waals surface area contributed by atoms with Crippen molar-refractivity contribution in [1.82, 2.24) is 14.9 Å². The summed E-state index contributed by atoms with van der Waals surface area (Å²) in [7, 11) is -3.20. The number of sulfonamides is 1. The second-order valence-corrected chi connectivity index (χ2v) is 8.64. The van der Waals surface area contributed by atoms with Crippen LogP contribution in [0.3, 0.4) is 0 Å². The number of hydrogen-bond acceptors (Lipinski definition) is 4. The summed E-state index contributed by atoms with van der Waals surface area (Å²) in [6, 6.07) is -0.128. The summed E-state index contributed by atoms with van der Waals surface area (Å²) in [6.07, 6.45) is 6.35. The van der Waals surface area contributed by atoms with Crippen molar-refractivity contribution < 1.29 is 13.2 Å². The highest BCUT2D eigenvalue weighted by Crippen LogP contribution is 2.45. The lowest BCUT2D eigenvalue weighted by molar-refractivity contribution is -0.144. The van der Waals surface area contributed by atoms with Crippen LogP contribution in [-0.4, -0.2) is 57.7 Å². The van der Waals surface area contributed by atoms with Crippen molar-refractivity contribution in [3.05, 3.63) is 0 Å². The van der Waals surface area contributed by atoms with Crippen molar-refractivity contribution in [1.29, 1.82) is 0 Å². The summed E-state index contributed by atoms with van der Waals surface area (Å²) in [5.74, 6) is 0.704. The molecule has 1 aliphatic carbocycles. The molecule has 3 atom stereocenters. The van der Waals surface area contributed by atoms with Crippen LogP contribution in [0.25, 0.3) is 0 Å². The third-order valence-corrected chi connectivity index (χ3v) is 6.08. The molecular weight excluding hydrogens is 326 g/mol. The van der Waals surface area contributed by atoms with E-state index in [0.717, 1.165) is 32.4 Å². The number of rotatable bonds is 3. The zero-order valence-corrected chi connectivity index (χ0v) is 14.6. The Kier molecular flexibility index (Phi) is 5.42. The Morgan fingerprint density at radius 1 is 1.32 bits per heavy atom. The highest BCUT2D eigenvalue weighted by Gasteiger charge is 2.52. The molecule has 2 aliphatic heterocycles. The van der Waals surface area contributed by atoms with Gasteiger partial charge >= 0.3 is 0 Å². The molecule has 2 N–H and O–H groups in total. The largest absolute Gasteiger partial charge is 0.341 e. The Morgan fingerprint density at radius 2 is 2.09 bits per heavy atom. The van der Waals surface area contributed by atoms with Crippen molar-refractivity contribution in [3.63, 3.8) is 0 Å². The van der Waals surface area contributed by atoms with Gasteiger partial charge in [-0.25, -0.2) is 13.1 Å². The zero-order valence-electron chi connectivity index (χ0n) is 13.0. The van der Waals surface area contributed by atoms with E-state index in [9.17, 15) is 13.2 Å². The van der Waals surface area contributed by atoms with Crippen LogP contribution >= 0.6 is 12.4 Å². The number of likely N-dealkylation sites (tertiary alicyclic amines) is 1. The number of hydrogen-bond donors (Lipinski definition) is 2. The SMILES string of the molecule is CS(=O)(=O)NC1CCN(C(=O)[C@@]23CCCC[C@H]2CNC3)C1.Cl. The number of amides is 1. The molecule has 1 saturated carbocycles. The van der Waals surface area contributed by atoms with E-state index in [4.69, 9.17) is 0 Å². The normalized spacial score (nSPS) is 35.0. The minimum absolute atomic E-state index is 0. The van der Waals surface area contributed by atoms with Crippen molar-refractivity contribution in [3.8, 4) is 0 Å². The van der Waals surface area contributed by atoms with E-state index in [1.165, 1.54) is 12.7 Å². The lowest BCUT2D eigenvalue weighted by Crippen LogP contribution is -2.49. The van der Waals surface area contributed by atoms with Crippen LogP contribution in [0, 0.1) is 11.3 Å². The van der Waals surface area contributed by atoms with E-state index in [2.05, 4.69) is 10.0 Å².